The van der Waals surface area contributed by atoms with Gasteiger partial charge in [0.25, 0.3) is 11.8 Å². The number of hydrogen-bond acceptors (Lipinski definition) is 15. The van der Waals surface area contributed by atoms with Crippen LogP contribution in [0.15, 0.2) is 128 Å². The molecule has 10 atom stereocenters. The van der Waals surface area contributed by atoms with E-state index in [2.05, 4.69) is 66.5 Å². The molecule has 0 aliphatic carbocycles. The third-order valence-corrected chi connectivity index (χ3v) is 22.4. The van der Waals surface area contributed by atoms with Gasteiger partial charge in [-0.15, -0.1) is 0 Å². The van der Waals surface area contributed by atoms with Crippen molar-refractivity contribution in [3.8, 4) is 0 Å². The molecule has 4 aromatic carbocycles. The Morgan fingerprint density at radius 2 is 0.978 bits per heavy atom. The summed E-state index contributed by atoms with van der Waals surface area (Å²) in [4.78, 5) is 80.1. The van der Waals surface area contributed by atoms with Gasteiger partial charge in [-0.2, -0.15) is 0 Å². The molecule has 8 heterocycles. The highest BCUT2D eigenvalue weighted by Crippen LogP contribution is 2.59. The number of benzene rings is 4. The van der Waals surface area contributed by atoms with E-state index in [1.165, 1.54) is 23.5 Å². The zero-order valence-electron chi connectivity index (χ0n) is 53.3. The van der Waals surface area contributed by atoms with Crippen molar-refractivity contribution in [1.82, 2.24) is 39.6 Å². The van der Waals surface area contributed by atoms with Crippen LogP contribution in [-0.4, -0.2) is 186 Å². The number of aliphatic imine (C=N–C) groups is 2. The molecule has 0 spiro atoms. The third-order valence-electron chi connectivity index (χ3n) is 19.3. The molecule has 4 N–H and O–H groups in total. The van der Waals surface area contributed by atoms with Crippen LogP contribution in [0.3, 0.4) is 0 Å². The second-order valence-electron chi connectivity index (χ2n) is 26.0. The lowest BCUT2D eigenvalue weighted by Crippen LogP contribution is -2.58. The first-order valence-electron chi connectivity index (χ1n) is 31.5. The molecule has 4 aromatic rings. The van der Waals surface area contributed by atoms with Gasteiger partial charge in [0.2, 0.25) is 5.91 Å². The largest absolute Gasteiger partial charge is 0.480 e. The highest BCUT2D eigenvalue weighted by atomic mass is 35.5. The number of aliphatic carboxylic acids is 1. The first-order chi connectivity index (χ1) is 43.3. The number of aliphatic hydroxyl groups is 2. The van der Waals surface area contributed by atoms with Crippen molar-refractivity contribution >= 4 is 104 Å². The third kappa shape index (κ3) is 13.6. The average molecular weight is 1360 g/mol. The smallest absolute Gasteiger partial charge is 0.326 e. The van der Waals surface area contributed by atoms with Gasteiger partial charge in [-0.3, -0.25) is 24.2 Å². The van der Waals surface area contributed by atoms with Crippen LogP contribution >= 0.6 is 69.9 Å². The summed E-state index contributed by atoms with van der Waals surface area (Å²) in [7, 11) is 4.01. The van der Waals surface area contributed by atoms with Crippen molar-refractivity contribution < 1.29 is 34.5 Å². The normalized spacial score (nSPS) is 28.3. The molecule has 0 saturated carbocycles. The van der Waals surface area contributed by atoms with Gasteiger partial charge < -0.3 is 45.1 Å². The van der Waals surface area contributed by atoms with E-state index in [1.54, 1.807) is 4.90 Å². The molecule has 17 nitrogen and oxygen atoms in total. The Kier molecular flexibility index (Phi) is 21.5. The molecule has 4 saturated heterocycles. The molecule has 12 rings (SSSR count). The fourth-order valence-corrected chi connectivity index (χ4v) is 17.3. The maximum atomic E-state index is 14.6. The number of carbonyl (C=O) groups is 4. The molecule has 91 heavy (non-hydrogen) atoms. The lowest BCUT2D eigenvalue weighted by molar-refractivity contribution is -0.147. The molecule has 3 amide bonds. The number of carboxylic acids is 1. The molecule has 0 radical (unpaired) electrons. The van der Waals surface area contributed by atoms with Gasteiger partial charge in [0, 0.05) is 88.9 Å². The molecule has 8 aliphatic heterocycles. The number of amidine groups is 2. The standard InChI is InChI=1S/C34H41Cl2N5O3S.C28H29Cl2N3O3S.C6H14N2O/c1-20(2)28-29(32(44)40-21(3)6-15-27(40)31(43)39-17-16-38(5)26(18-39)19-42)45-33-37-34(4,23-9-13-25(36)14-10-23)30(41(28)33)22-7-11-24(35)12-8-22;1-15(2)22-23(25(34)32-16(3)5-14-21(32)26(35)36)37-27-31-28(4,18-8-12-20(30)13-9-18)24(33(22)27)17-6-10-19(29)11-7-17;1-8-3-2-7-4-6(8)5-9/h7-14,20-21,26-27,30,42H,6,15-19H2,1-5H3;6-13,15-16,21,24H,5,14H2,1-4H3,(H,35,36);6-7,9H,2-5H2,1H3/t21-,26-,27+,30-,34+;16-,21+,24-,28+;6-/m111/s1. The summed E-state index contributed by atoms with van der Waals surface area (Å²) in [5, 5.41) is 35.8. The van der Waals surface area contributed by atoms with Gasteiger partial charge in [0.1, 0.15) is 33.0 Å². The lowest BCUT2D eigenvalue weighted by atomic mass is 9.81. The fraction of sp³-hybridized carbons (Fsp3) is 0.500. The first kappa shape index (κ1) is 68.7. The Morgan fingerprint density at radius 3 is 1.36 bits per heavy atom. The minimum absolute atomic E-state index is 0.00250. The number of thioether (sulfide) groups is 2. The maximum absolute atomic E-state index is 14.6. The van der Waals surface area contributed by atoms with Gasteiger partial charge in [-0.25, -0.2) is 14.8 Å². The first-order valence-corrected chi connectivity index (χ1v) is 34.6. The summed E-state index contributed by atoms with van der Waals surface area (Å²) >= 11 is 27.8. The minimum atomic E-state index is -0.959. The lowest BCUT2D eigenvalue weighted by Gasteiger charge is -2.41. The van der Waals surface area contributed by atoms with Crippen molar-refractivity contribution in [3.05, 3.63) is 161 Å². The summed E-state index contributed by atoms with van der Waals surface area (Å²) in [5.41, 5.74) is 4.58. The molecular weight excluding hydrogens is 1270 g/mol. The van der Waals surface area contributed by atoms with Crippen LogP contribution in [0, 0.1) is 11.8 Å². The van der Waals surface area contributed by atoms with Crippen LogP contribution in [-0.2, 0) is 30.3 Å². The van der Waals surface area contributed by atoms with Crippen molar-refractivity contribution in [1.29, 1.82) is 0 Å². The summed E-state index contributed by atoms with van der Waals surface area (Å²) < 4.78 is 0. The Bertz CT molecular complexity index is 3490. The van der Waals surface area contributed by atoms with Gasteiger partial charge in [0.15, 0.2) is 10.3 Å². The highest BCUT2D eigenvalue weighted by molar-refractivity contribution is 8.18. The van der Waals surface area contributed by atoms with Crippen LogP contribution in [0.5, 0.6) is 0 Å². The maximum Gasteiger partial charge on any atom is 0.326 e. The number of carboxylic acid groups (broad SMARTS) is 1. The van der Waals surface area contributed by atoms with Crippen molar-refractivity contribution in [2.24, 2.45) is 21.8 Å². The van der Waals surface area contributed by atoms with Gasteiger partial charge in [-0.1, -0.05) is 123 Å². The van der Waals surface area contributed by atoms with E-state index < -0.39 is 29.1 Å². The molecule has 4 fully saturated rings. The molecule has 0 bridgehead atoms. The van der Waals surface area contributed by atoms with Crippen LogP contribution in [0.1, 0.15) is 115 Å². The molecule has 0 aromatic heterocycles. The topological polar surface area (TPSA) is 188 Å². The number of piperazine rings is 2. The second kappa shape index (κ2) is 28.4. The average Bonchev–Trinajstić information content (AvgIpc) is 1.57. The van der Waals surface area contributed by atoms with Crippen LogP contribution in [0.2, 0.25) is 20.1 Å². The number of likely N-dealkylation sites (tertiary alicyclic amines) is 2. The molecule has 23 heteroatoms. The SMILES string of the molecule is CC(C)C1=C(C(=O)N2[C@H](C)CC[C@H]2C(=O)N2CCN(C)[C@@H](CO)C2)SC2=N[C@@](C)(c3ccc(Cl)cc3)[C@@H](c3ccc(Cl)cc3)N21.CC(C)C1=C(C(=O)N2[C@H](C)CC[C@H]2C(=O)O)SC2=N[C@@](C)(c3ccc(Cl)cc3)[C@@H](c3ccc(Cl)cc3)N21.CN1CCNC[C@@H]1CO. The number of nitrogens with one attached hydrogen (secondary N) is 1. The second-order valence-corrected chi connectivity index (χ2v) is 29.7. The number of rotatable bonds is 12. The van der Waals surface area contributed by atoms with E-state index in [1.807, 2.05) is 135 Å². The number of hydrogen-bond donors (Lipinski definition) is 4. The van der Waals surface area contributed by atoms with E-state index in [9.17, 15) is 29.4 Å². The monoisotopic (exact) mass is 1360 g/mol. The molecule has 0 unspecified atom stereocenters. The zero-order chi connectivity index (χ0) is 65.5. The number of aliphatic hydroxyl groups excluding tert-OH is 2. The Labute approximate surface area is 563 Å². The number of carbonyl (C=O) groups excluding carboxylic acids is 3. The van der Waals surface area contributed by atoms with E-state index in [0.29, 0.717) is 74.8 Å². The zero-order valence-corrected chi connectivity index (χ0v) is 58.0. The van der Waals surface area contributed by atoms with Crippen molar-refractivity contribution in [3.63, 3.8) is 0 Å². The number of halogens is 4. The number of allylic oxidation sites excluding steroid dienone is 2. The summed E-state index contributed by atoms with van der Waals surface area (Å²) in [6.07, 6.45) is 2.53. The van der Waals surface area contributed by atoms with Gasteiger partial charge >= 0.3 is 5.97 Å². The van der Waals surface area contributed by atoms with Crippen molar-refractivity contribution in [2.75, 3.05) is 66.6 Å². The molecular formula is C68H84Cl4N10O7S2. The Balaban J connectivity index is 0.000000178. The van der Waals surface area contributed by atoms with E-state index in [4.69, 9.17) is 61.5 Å². The highest BCUT2D eigenvalue weighted by Gasteiger charge is 2.57. The number of amides is 3. The number of likely N-dealkylation sites (N-methyl/N-ethyl adjacent to an activating group) is 2. The van der Waals surface area contributed by atoms with E-state index in [0.717, 1.165) is 70.0 Å². The Hall–Kier alpha value is -5.16. The molecule has 488 valence electrons. The summed E-state index contributed by atoms with van der Waals surface area (Å²) in [6.45, 7) is 21.6. The quantitative estimate of drug-likeness (QED) is 0.105. The Morgan fingerprint density at radius 1 is 0.582 bits per heavy atom. The summed E-state index contributed by atoms with van der Waals surface area (Å²) in [5.74, 6) is -1.31. The van der Waals surface area contributed by atoms with Gasteiger partial charge in [0.05, 0.1) is 31.3 Å². The van der Waals surface area contributed by atoms with Crippen LogP contribution < -0.4 is 5.32 Å². The van der Waals surface area contributed by atoms with Crippen LogP contribution in [0.25, 0.3) is 0 Å². The van der Waals surface area contributed by atoms with E-state index in [-0.39, 0.29) is 73.0 Å². The predicted molar refractivity (Wildman–Crippen MR) is 366 cm³/mol. The number of nitrogens with zero attached hydrogens (tertiary/aromatic N) is 9. The minimum Gasteiger partial charge on any atom is -0.480 e. The van der Waals surface area contributed by atoms with E-state index >= 15 is 0 Å². The molecule has 8 aliphatic rings. The summed E-state index contributed by atoms with van der Waals surface area (Å²) in [6, 6.07) is 29.4. The number of fused-ring (bicyclic) bond motifs is 2. The predicted octanol–water partition coefficient (Wildman–Crippen LogP) is 11.3. The fourth-order valence-electron chi connectivity index (χ4n) is 14.1. The van der Waals surface area contributed by atoms with Crippen molar-refractivity contribution in [2.45, 2.75) is 140 Å². The van der Waals surface area contributed by atoms with Gasteiger partial charge in [-0.05, 0) is 174 Å². The van der Waals surface area contributed by atoms with Crippen LogP contribution in [0.4, 0.5) is 0 Å².